The second-order valence-electron chi connectivity index (χ2n) is 7.71. The van der Waals surface area contributed by atoms with Gasteiger partial charge in [0.25, 0.3) is 17.7 Å². The first kappa shape index (κ1) is 23.4. The Balaban J connectivity index is 1.42. The fourth-order valence-corrected chi connectivity index (χ4v) is 3.29. The van der Waals surface area contributed by atoms with Crippen LogP contribution in [0.25, 0.3) is 6.08 Å². The lowest BCUT2D eigenvalue weighted by atomic mass is 10.1. The number of carbonyl (C=O) groups is 4. The first-order chi connectivity index (χ1) is 16.8. The van der Waals surface area contributed by atoms with Crippen LogP contribution in [0, 0.1) is 12.7 Å². The Morgan fingerprint density at radius 2 is 1.63 bits per heavy atom. The van der Waals surface area contributed by atoms with Gasteiger partial charge in [0.2, 0.25) is 0 Å². The van der Waals surface area contributed by atoms with Gasteiger partial charge in [-0.05, 0) is 67.1 Å². The Bertz CT molecular complexity index is 1320. The summed E-state index contributed by atoms with van der Waals surface area (Å²) in [5.41, 5.74) is 2.10. The smallest absolute Gasteiger partial charge is 0.335 e. The molecule has 176 valence electrons. The van der Waals surface area contributed by atoms with Crippen molar-refractivity contribution in [3.8, 4) is 5.75 Å². The van der Waals surface area contributed by atoms with E-state index in [1.165, 1.54) is 18.2 Å². The minimum Gasteiger partial charge on any atom is -0.484 e. The Morgan fingerprint density at radius 3 is 2.29 bits per heavy atom. The van der Waals surface area contributed by atoms with Crippen LogP contribution in [0.5, 0.6) is 5.75 Å². The van der Waals surface area contributed by atoms with Crippen molar-refractivity contribution in [1.29, 1.82) is 0 Å². The molecule has 0 atom stereocenters. The summed E-state index contributed by atoms with van der Waals surface area (Å²) in [6.45, 7) is 1.75. The lowest BCUT2D eigenvalue weighted by molar-refractivity contribution is -0.122. The number of hydrogen-bond acceptors (Lipinski definition) is 5. The van der Waals surface area contributed by atoms with E-state index in [1.807, 2.05) is 19.1 Å². The van der Waals surface area contributed by atoms with Crippen LogP contribution >= 0.6 is 0 Å². The first-order valence-electron chi connectivity index (χ1n) is 10.6. The maximum absolute atomic E-state index is 13.2. The number of benzene rings is 3. The summed E-state index contributed by atoms with van der Waals surface area (Å²) in [6, 6.07) is 17.5. The largest absolute Gasteiger partial charge is 0.484 e. The summed E-state index contributed by atoms with van der Waals surface area (Å²) in [4.78, 5) is 50.2. The molecule has 1 heterocycles. The van der Waals surface area contributed by atoms with Crippen LogP contribution in [0.15, 0.2) is 78.4 Å². The molecule has 3 aromatic carbocycles. The van der Waals surface area contributed by atoms with Gasteiger partial charge in [-0.2, -0.15) is 0 Å². The van der Waals surface area contributed by atoms with E-state index in [2.05, 4.69) is 10.6 Å². The number of rotatable bonds is 6. The van der Waals surface area contributed by atoms with Crippen molar-refractivity contribution in [1.82, 2.24) is 5.32 Å². The summed E-state index contributed by atoms with van der Waals surface area (Å²) < 4.78 is 18.7. The van der Waals surface area contributed by atoms with Crippen molar-refractivity contribution in [3.05, 3.63) is 95.3 Å². The Morgan fingerprint density at radius 1 is 0.971 bits per heavy atom. The molecule has 0 saturated carbocycles. The van der Waals surface area contributed by atoms with Crippen molar-refractivity contribution in [2.45, 2.75) is 6.92 Å². The predicted octanol–water partition coefficient (Wildman–Crippen LogP) is 3.82. The average Bonchev–Trinajstić information content (AvgIpc) is 2.84. The van der Waals surface area contributed by atoms with Crippen LogP contribution < -0.4 is 20.3 Å². The van der Waals surface area contributed by atoms with E-state index in [0.717, 1.165) is 22.6 Å². The Kier molecular flexibility index (Phi) is 6.68. The molecule has 0 aromatic heterocycles. The number of nitrogens with one attached hydrogen (secondary N) is 2. The normalized spacial score (nSPS) is 14.6. The number of aryl methyl sites for hydroxylation is 1. The van der Waals surface area contributed by atoms with Crippen LogP contribution in [0.2, 0.25) is 0 Å². The predicted molar refractivity (Wildman–Crippen MR) is 127 cm³/mol. The van der Waals surface area contributed by atoms with Crippen LogP contribution in [-0.4, -0.2) is 30.4 Å². The molecule has 0 spiro atoms. The van der Waals surface area contributed by atoms with Gasteiger partial charge < -0.3 is 10.1 Å². The van der Waals surface area contributed by atoms with E-state index in [9.17, 15) is 23.6 Å². The number of anilines is 2. The highest BCUT2D eigenvalue weighted by molar-refractivity contribution is 6.39. The van der Waals surface area contributed by atoms with Gasteiger partial charge >= 0.3 is 6.03 Å². The Hall–Kier alpha value is -4.79. The second-order valence-corrected chi connectivity index (χ2v) is 7.71. The number of nitrogens with zero attached hydrogens (tertiary/aromatic N) is 1. The zero-order chi connectivity index (χ0) is 24.9. The maximum atomic E-state index is 13.2. The Labute approximate surface area is 200 Å². The third-order valence-electron chi connectivity index (χ3n) is 5.08. The summed E-state index contributed by atoms with van der Waals surface area (Å²) in [7, 11) is 0. The minimum absolute atomic E-state index is 0.125. The van der Waals surface area contributed by atoms with Crippen molar-refractivity contribution in [3.63, 3.8) is 0 Å². The number of urea groups is 1. The number of imide groups is 2. The van der Waals surface area contributed by atoms with E-state index in [-0.39, 0.29) is 23.8 Å². The molecule has 0 radical (unpaired) electrons. The number of halogens is 1. The van der Waals surface area contributed by atoms with Gasteiger partial charge in [-0.3, -0.25) is 19.7 Å². The molecular weight excluding hydrogens is 453 g/mol. The summed E-state index contributed by atoms with van der Waals surface area (Å²) in [6.07, 6.45) is 1.33. The van der Waals surface area contributed by atoms with Crippen LogP contribution in [0.4, 0.5) is 20.6 Å². The standard InChI is InChI=1S/C26H20FN3O5/c1-16-2-8-19(9-3-16)28-23(31)15-35-21-12-4-17(5-13-21)14-22-24(32)29-26(34)30(25(22)33)20-10-6-18(27)7-11-20/h2-14H,15H2,1H3,(H,28,31)(H,29,32,34). The van der Waals surface area contributed by atoms with E-state index >= 15 is 0 Å². The van der Waals surface area contributed by atoms with Gasteiger partial charge in [0.15, 0.2) is 6.61 Å². The molecule has 3 aromatic rings. The van der Waals surface area contributed by atoms with E-state index in [1.54, 1.807) is 36.4 Å². The number of carbonyl (C=O) groups excluding carboxylic acids is 4. The molecule has 1 fully saturated rings. The molecule has 0 unspecified atom stereocenters. The number of amides is 5. The van der Waals surface area contributed by atoms with Gasteiger partial charge in [0.1, 0.15) is 17.1 Å². The fraction of sp³-hybridized carbons (Fsp3) is 0.0769. The highest BCUT2D eigenvalue weighted by Crippen LogP contribution is 2.23. The van der Waals surface area contributed by atoms with E-state index in [0.29, 0.717) is 17.0 Å². The summed E-state index contributed by atoms with van der Waals surface area (Å²) in [5.74, 6) is -2.12. The molecule has 8 nitrogen and oxygen atoms in total. The lowest BCUT2D eigenvalue weighted by Crippen LogP contribution is -2.54. The summed E-state index contributed by atoms with van der Waals surface area (Å²) in [5, 5.41) is 4.84. The van der Waals surface area contributed by atoms with Gasteiger partial charge in [-0.15, -0.1) is 0 Å². The monoisotopic (exact) mass is 473 g/mol. The van der Waals surface area contributed by atoms with E-state index in [4.69, 9.17) is 4.74 Å². The molecule has 9 heteroatoms. The van der Waals surface area contributed by atoms with Crippen molar-refractivity contribution < 1.29 is 28.3 Å². The lowest BCUT2D eigenvalue weighted by Gasteiger charge is -2.26. The number of barbiturate groups is 1. The number of hydrogen-bond donors (Lipinski definition) is 2. The molecule has 35 heavy (non-hydrogen) atoms. The van der Waals surface area contributed by atoms with Gasteiger partial charge in [-0.25, -0.2) is 14.1 Å². The van der Waals surface area contributed by atoms with Crippen LogP contribution in [0.1, 0.15) is 11.1 Å². The third-order valence-corrected chi connectivity index (χ3v) is 5.08. The van der Waals surface area contributed by atoms with Crippen molar-refractivity contribution >= 4 is 41.2 Å². The molecule has 0 aliphatic carbocycles. The number of ether oxygens (including phenoxy) is 1. The van der Waals surface area contributed by atoms with Crippen LogP contribution in [-0.2, 0) is 14.4 Å². The molecule has 1 aliphatic heterocycles. The quantitative estimate of drug-likeness (QED) is 0.418. The molecule has 5 amide bonds. The van der Waals surface area contributed by atoms with E-state index < -0.39 is 23.7 Å². The second kappa shape index (κ2) is 10.0. The van der Waals surface area contributed by atoms with Gasteiger partial charge in [-0.1, -0.05) is 29.8 Å². The van der Waals surface area contributed by atoms with Gasteiger partial charge in [0, 0.05) is 5.69 Å². The first-order valence-corrected chi connectivity index (χ1v) is 10.6. The molecule has 0 bridgehead atoms. The third kappa shape index (κ3) is 5.59. The molecule has 1 saturated heterocycles. The topological polar surface area (TPSA) is 105 Å². The fourth-order valence-electron chi connectivity index (χ4n) is 3.29. The molecular formula is C26H20FN3O5. The highest BCUT2D eigenvalue weighted by Gasteiger charge is 2.36. The SMILES string of the molecule is Cc1ccc(NC(=O)COc2ccc(C=C3C(=O)NC(=O)N(c4ccc(F)cc4)C3=O)cc2)cc1. The molecule has 1 aliphatic rings. The maximum Gasteiger partial charge on any atom is 0.335 e. The zero-order valence-electron chi connectivity index (χ0n) is 18.6. The zero-order valence-corrected chi connectivity index (χ0v) is 18.6. The van der Waals surface area contributed by atoms with Crippen molar-refractivity contribution in [2.24, 2.45) is 0 Å². The molecule has 4 rings (SSSR count). The average molecular weight is 473 g/mol. The minimum atomic E-state index is -0.920. The summed E-state index contributed by atoms with van der Waals surface area (Å²) >= 11 is 0. The van der Waals surface area contributed by atoms with Crippen molar-refractivity contribution in [2.75, 3.05) is 16.8 Å². The van der Waals surface area contributed by atoms with Crippen LogP contribution in [0.3, 0.4) is 0 Å². The van der Waals surface area contributed by atoms with Gasteiger partial charge in [0.05, 0.1) is 5.69 Å². The highest BCUT2D eigenvalue weighted by atomic mass is 19.1. The molecule has 2 N–H and O–H groups in total.